The molecule has 1 aliphatic carbocycles. The molecule has 4 rings (SSSR count). The average Bonchev–Trinajstić information content (AvgIpc) is 3.12. The number of rotatable bonds is 4. The summed E-state index contributed by atoms with van der Waals surface area (Å²) >= 11 is 5.96. The number of carbonyl (C=O) groups is 1. The predicted octanol–water partition coefficient (Wildman–Crippen LogP) is 2.57. The van der Waals surface area contributed by atoms with Crippen LogP contribution in [0.4, 0.5) is 6.01 Å². The molecule has 1 aromatic heterocycles. The minimum Gasteiger partial charge on any atom is -0.338 e. The highest BCUT2D eigenvalue weighted by atomic mass is 35.5. The first kappa shape index (κ1) is 13.6. The van der Waals surface area contributed by atoms with Gasteiger partial charge in [0.15, 0.2) is 0 Å². The van der Waals surface area contributed by atoms with Crippen LogP contribution in [0.15, 0.2) is 28.8 Å². The summed E-state index contributed by atoms with van der Waals surface area (Å²) < 4.78 is 5.22. The van der Waals surface area contributed by atoms with Crippen LogP contribution in [-0.2, 0) is 4.79 Å². The summed E-state index contributed by atoms with van der Waals surface area (Å²) in [6, 6.07) is 8.10. The van der Waals surface area contributed by atoms with Gasteiger partial charge in [-0.3, -0.25) is 4.79 Å². The zero-order chi connectivity index (χ0) is 15.1. The number of halogens is 1. The van der Waals surface area contributed by atoms with E-state index in [9.17, 15) is 4.79 Å². The number of nitrogens with zero attached hydrogens (tertiary/aromatic N) is 3. The molecule has 1 saturated heterocycles. The molecule has 0 radical (unpaired) electrons. The molecule has 2 aliphatic rings. The van der Waals surface area contributed by atoms with Crippen molar-refractivity contribution in [1.29, 1.82) is 0 Å². The van der Waals surface area contributed by atoms with Gasteiger partial charge in [-0.15, -0.1) is 0 Å². The van der Waals surface area contributed by atoms with E-state index in [1.165, 1.54) is 0 Å². The van der Waals surface area contributed by atoms with Gasteiger partial charge in [0.25, 0.3) is 0 Å². The van der Waals surface area contributed by atoms with Crippen LogP contribution in [0.5, 0.6) is 0 Å². The molecule has 1 aliphatic heterocycles. The Hall–Kier alpha value is -2.08. The molecule has 2 fully saturated rings. The van der Waals surface area contributed by atoms with Crippen LogP contribution in [0.3, 0.4) is 0 Å². The van der Waals surface area contributed by atoms with Crippen LogP contribution >= 0.6 is 11.6 Å². The molecule has 1 atom stereocenters. The van der Waals surface area contributed by atoms with Crippen LogP contribution in [-0.4, -0.2) is 39.6 Å². The standard InChI is InChI=1S/C15H15ClN4O2/c16-10-3-1-2-9(6-10)14-18-15(22-19-14)17-11-7-13(21)20(8-11)12-4-5-12/h1-3,6,11-12H,4-5,7-8H2,(H,17,18,19). The summed E-state index contributed by atoms with van der Waals surface area (Å²) in [6.07, 6.45) is 2.72. The van der Waals surface area contributed by atoms with E-state index in [0.29, 0.717) is 35.9 Å². The fourth-order valence-electron chi connectivity index (χ4n) is 2.77. The summed E-state index contributed by atoms with van der Waals surface area (Å²) in [7, 11) is 0. The molecule has 0 bridgehead atoms. The van der Waals surface area contributed by atoms with Crippen LogP contribution in [0.1, 0.15) is 19.3 Å². The maximum Gasteiger partial charge on any atom is 0.322 e. The minimum atomic E-state index is 0.0285. The fraction of sp³-hybridized carbons (Fsp3) is 0.400. The Bertz CT molecular complexity index is 713. The van der Waals surface area contributed by atoms with Crippen LogP contribution < -0.4 is 5.32 Å². The van der Waals surface area contributed by atoms with Gasteiger partial charge in [0.1, 0.15) is 0 Å². The Morgan fingerprint density at radius 3 is 3.00 bits per heavy atom. The molecule has 1 aromatic carbocycles. The highest BCUT2D eigenvalue weighted by molar-refractivity contribution is 6.30. The smallest absolute Gasteiger partial charge is 0.322 e. The topological polar surface area (TPSA) is 71.3 Å². The van der Waals surface area contributed by atoms with E-state index in [1.807, 2.05) is 17.0 Å². The van der Waals surface area contributed by atoms with Crippen molar-refractivity contribution in [3.63, 3.8) is 0 Å². The SMILES string of the molecule is O=C1CC(Nc2nc(-c3cccc(Cl)c3)no2)CN1C1CC1. The number of aromatic nitrogens is 2. The van der Waals surface area contributed by atoms with E-state index in [0.717, 1.165) is 18.4 Å². The summed E-state index contributed by atoms with van der Waals surface area (Å²) in [5.41, 5.74) is 0.798. The number of carbonyl (C=O) groups excluding carboxylic acids is 1. The molecule has 1 saturated carbocycles. The van der Waals surface area contributed by atoms with E-state index < -0.39 is 0 Å². The zero-order valence-corrected chi connectivity index (χ0v) is 12.6. The molecule has 1 unspecified atom stereocenters. The quantitative estimate of drug-likeness (QED) is 0.938. The first-order valence-electron chi connectivity index (χ1n) is 7.35. The summed E-state index contributed by atoms with van der Waals surface area (Å²) in [6.45, 7) is 0.707. The Morgan fingerprint density at radius 2 is 2.23 bits per heavy atom. The van der Waals surface area contributed by atoms with Crippen molar-refractivity contribution in [3.05, 3.63) is 29.3 Å². The monoisotopic (exact) mass is 318 g/mol. The lowest BCUT2D eigenvalue weighted by atomic mass is 10.2. The first-order chi connectivity index (χ1) is 10.7. The third-order valence-electron chi connectivity index (χ3n) is 3.98. The summed E-state index contributed by atoms with van der Waals surface area (Å²) in [5.74, 6) is 0.683. The minimum absolute atomic E-state index is 0.0285. The second kappa shape index (κ2) is 5.28. The molecule has 2 aromatic rings. The molecule has 114 valence electrons. The van der Waals surface area contributed by atoms with Gasteiger partial charge >= 0.3 is 6.01 Å². The second-order valence-electron chi connectivity index (χ2n) is 5.76. The van der Waals surface area contributed by atoms with Crippen LogP contribution in [0, 0.1) is 0 Å². The lowest BCUT2D eigenvalue weighted by Crippen LogP contribution is -2.29. The Balaban J connectivity index is 1.45. The highest BCUT2D eigenvalue weighted by Crippen LogP contribution is 2.31. The number of benzene rings is 1. The highest BCUT2D eigenvalue weighted by Gasteiger charge is 2.39. The second-order valence-corrected chi connectivity index (χ2v) is 6.19. The maximum atomic E-state index is 11.9. The molecule has 2 heterocycles. The molecule has 1 amide bonds. The normalized spacial score (nSPS) is 21.4. The van der Waals surface area contributed by atoms with Crippen molar-refractivity contribution in [2.75, 3.05) is 11.9 Å². The Morgan fingerprint density at radius 1 is 1.36 bits per heavy atom. The van der Waals surface area contributed by atoms with Crippen LogP contribution in [0.25, 0.3) is 11.4 Å². The maximum absolute atomic E-state index is 11.9. The van der Waals surface area contributed by atoms with E-state index in [1.54, 1.807) is 12.1 Å². The summed E-state index contributed by atoms with van der Waals surface area (Å²) in [5, 5.41) is 7.73. The third-order valence-corrected chi connectivity index (χ3v) is 4.22. The number of anilines is 1. The van der Waals surface area contributed by atoms with Gasteiger partial charge in [-0.1, -0.05) is 28.9 Å². The van der Waals surface area contributed by atoms with E-state index in [-0.39, 0.29) is 11.9 Å². The van der Waals surface area contributed by atoms with Crippen molar-refractivity contribution >= 4 is 23.5 Å². The Labute approximate surface area is 132 Å². The molecular weight excluding hydrogens is 304 g/mol. The zero-order valence-electron chi connectivity index (χ0n) is 11.8. The van der Waals surface area contributed by atoms with Gasteiger partial charge in [-0.25, -0.2) is 0 Å². The lowest BCUT2D eigenvalue weighted by Gasteiger charge is -2.15. The number of hydrogen-bond acceptors (Lipinski definition) is 5. The molecule has 22 heavy (non-hydrogen) atoms. The summed E-state index contributed by atoms with van der Waals surface area (Å²) in [4.78, 5) is 18.2. The molecule has 7 heteroatoms. The number of nitrogens with one attached hydrogen (secondary N) is 1. The van der Waals surface area contributed by atoms with Crippen molar-refractivity contribution in [1.82, 2.24) is 15.0 Å². The lowest BCUT2D eigenvalue weighted by molar-refractivity contribution is -0.128. The molecule has 1 N–H and O–H groups in total. The van der Waals surface area contributed by atoms with Gasteiger partial charge in [-0.05, 0) is 25.0 Å². The van der Waals surface area contributed by atoms with Crippen molar-refractivity contribution < 1.29 is 9.32 Å². The predicted molar refractivity (Wildman–Crippen MR) is 81.5 cm³/mol. The van der Waals surface area contributed by atoms with Gasteiger partial charge < -0.3 is 14.7 Å². The molecule has 0 spiro atoms. The van der Waals surface area contributed by atoms with Gasteiger partial charge in [-0.2, -0.15) is 4.98 Å². The van der Waals surface area contributed by atoms with Crippen molar-refractivity contribution in [2.24, 2.45) is 0 Å². The van der Waals surface area contributed by atoms with E-state index in [2.05, 4.69) is 15.5 Å². The van der Waals surface area contributed by atoms with Crippen LogP contribution in [0.2, 0.25) is 5.02 Å². The Kier molecular flexibility index (Phi) is 3.26. The number of likely N-dealkylation sites (tertiary alicyclic amines) is 1. The first-order valence-corrected chi connectivity index (χ1v) is 7.72. The van der Waals surface area contributed by atoms with E-state index >= 15 is 0 Å². The largest absolute Gasteiger partial charge is 0.338 e. The van der Waals surface area contributed by atoms with E-state index in [4.69, 9.17) is 16.1 Å². The number of amides is 1. The molecule has 6 nitrogen and oxygen atoms in total. The fourth-order valence-corrected chi connectivity index (χ4v) is 2.96. The van der Waals surface area contributed by atoms with Gasteiger partial charge in [0.05, 0.1) is 6.04 Å². The van der Waals surface area contributed by atoms with Crippen molar-refractivity contribution in [3.8, 4) is 11.4 Å². The number of hydrogen-bond donors (Lipinski definition) is 1. The molecular formula is C15H15ClN4O2. The average molecular weight is 319 g/mol. The third kappa shape index (κ3) is 2.66. The van der Waals surface area contributed by atoms with Gasteiger partial charge in [0, 0.05) is 29.6 Å². The van der Waals surface area contributed by atoms with Crippen molar-refractivity contribution in [2.45, 2.75) is 31.3 Å². The van der Waals surface area contributed by atoms with Gasteiger partial charge in [0.2, 0.25) is 11.7 Å².